The van der Waals surface area contributed by atoms with Gasteiger partial charge in [-0.3, -0.25) is 14.4 Å². The molecule has 40 heavy (non-hydrogen) atoms. The van der Waals surface area contributed by atoms with Crippen LogP contribution in [0.4, 0.5) is 17.1 Å². The van der Waals surface area contributed by atoms with Gasteiger partial charge in [0.15, 0.2) is 0 Å². The molecule has 9 heteroatoms. The molecule has 0 bridgehead atoms. The number of carbonyl (C=O) groups is 3. The van der Waals surface area contributed by atoms with Gasteiger partial charge < -0.3 is 20.1 Å². The molecule has 0 spiro atoms. The molecule has 8 nitrogen and oxygen atoms in total. The lowest BCUT2D eigenvalue weighted by Gasteiger charge is -2.15. The van der Waals surface area contributed by atoms with Gasteiger partial charge in [0.25, 0.3) is 17.7 Å². The fourth-order valence-electron chi connectivity index (χ4n) is 4.01. The number of hydrogen-bond donors (Lipinski definition) is 2. The quantitative estimate of drug-likeness (QED) is 0.248. The van der Waals surface area contributed by atoms with Gasteiger partial charge in [-0.1, -0.05) is 30.0 Å². The Morgan fingerprint density at radius 1 is 0.700 bits per heavy atom. The molecule has 1 aliphatic rings. The molecular formula is C31H25N3O5S. The number of carbonyl (C=O) groups excluding carboxylic acids is 3. The number of hydrogen-bond acceptors (Lipinski definition) is 7. The Morgan fingerprint density at radius 3 is 1.88 bits per heavy atom. The van der Waals surface area contributed by atoms with Gasteiger partial charge >= 0.3 is 0 Å². The number of thioether (sulfide) groups is 1. The second-order valence-corrected chi connectivity index (χ2v) is 9.73. The molecule has 0 atom stereocenters. The van der Waals surface area contributed by atoms with Gasteiger partial charge in [0, 0.05) is 21.8 Å². The molecule has 1 heterocycles. The molecule has 2 N–H and O–H groups in total. The Balaban J connectivity index is 1.38. The molecule has 0 saturated carbocycles. The van der Waals surface area contributed by atoms with Crippen molar-refractivity contribution in [2.75, 3.05) is 29.8 Å². The van der Waals surface area contributed by atoms with Crippen LogP contribution in [0.2, 0.25) is 0 Å². The first-order valence-electron chi connectivity index (χ1n) is 12.3. The highest BCUT2D eigenvalue weighted by molar-refractivity contribution is 8.04. The number of imide groups is 1. The van der Waals surface area contributed by atoms with Crippen molar-refractivity contribution in [1.82, 2.24) is 0 Å². The monoisotopic (exact) mass is 551 g/mol. The van der Waals surface area contributed by atoms with E-state index < -0.39 is 11.8 Å². The van der Waals surface area contributed by atoms with Gasteiger partial charge in [0.1, 0.15) is 22.1 Å². The third kappa shape index (κ3) is 5.69. The smallest absolute Gasteiger partial charge is 0.283 e. The lowest BCUT2D eigenvalue weighted by molar-refractivity contribution is -0.120. The summed E-state index contributed by atoms with van der Waals surface area (Å²) in [6.07, 6.45) is 0. The van der Waals surface area contributed by atoms with E-state index in [1.54, 1.807) is 111 Å². The number of amides is 3. The summed E-state index contributed by atoms with van der Waals surface area (Å²) in [7, 11) is 3.14. The van der Waals surface area contributed by atoms with Crippen LogP contribution in [-0.2, 0) is 9.59 Å². The maximum Gasteiger partial charge on any atom is 0.283 e. The number of nitrogens with one attached hydrogen (secondary N) is 2. The standard InChI is InChI=1S/C31H25N3O5S/c1-38-24-14-8-20(9-15-24)29(35)33-22-12-18-26(19-13-22)40-28-27(32-21-10-16-25(39-2)17-11-21)30(36)34(31(28)37)23-6-4-3-5-7-23/h3-19,32H,1-2H3,(H,33,35). The Bertz CT molecular complexity index is 1570. The van der Waals surface area contributed by atoms with Crippen molar-refractivity contribution in [3.63, 3.8) is 0 Å². The second-order valence-electron chi connectivity index (χ2n) is 8.65. The summed E-state index contributed by atoms with van der Waals surface area (Å²) in [5.74, 6) is 0.214. The van der Waals surface area contributed by atoms with Crippen LogP contribution < -0.4 is 25.0 Å². The van der Waals surface area contributed by atoms with Crippen LogP contribution in [0.25, 0.3) is 0 Å². The highest BCUT2D eigenvalue weighted by Crippen LogP contribution is 2.38. The first-order chi connectivity index (χ1) is 19.5. The Morgan fingerprint density at radius 2 is 1.27 bits per heavy atom. The molecule has 0 radical (unpaired) electrons. The van der Waals surface area contributed by atoms with Gasteiger partial charge in [-0.25, -0.2) is 4.90 Å². The SMILES string of the molecule is COc1ccc(NC2=C(Sc3ccc(NC(=O)c4ccc(OC)cc4)cc3)C(=O)N(c3ccccc3)C2=O)cc1. The summed E-state index contributed by atoms with van der Waals surface area (Å²) >= 11 is 1.18. The van der Waals surface area contributed by atoms with E-state index in [1.807, 2.05) is 6.07 Å². The minimum Gasteiger partial charge on any atom is -0.497 e. The highest BCUT2D eigenvalue weighted by atomic mass is 32.2. The Labute approximate surface area is 235 Å². The molecule has 0 unspecified atom stereocenters. The van der Waals surface area contributed by atoms with E-state index in [0.29, 0.717) is 34.1 Å². The number of nitrogens with zero attached hydrogens (tertiary/aromatic N) is 1. The van der Waals surface area contributed by atoms with Crippen LogP contribution in [-0.4, -0.2) is 31.9 Å². The lowest BCUT2D eigenvalue weighted by atomic mass is 10.2. The number of anilines is 3. The summed E-state index contributed by atoms with van der Waals surface area (Å²) in [6, 6.07) is 29.8. The van der Waals surface area contributed by atoms with Crippen LogP contribution in [0, 0.1) is 0 Å². The van der Waals surface area contributed by atoms with Crippen LogP contribution >= 0.6 is 11.8 Å². The molecule has 0 saturated heterocycles. The zero-order valence-electron chi connectivity index (χ0n) is 21.7. The minimum absolute atomic E-state index is 0.181. The molecule has 4 aromatic rings. The zero-order valence-corrected chi connectivity index (χ0v) is 22.5. The van der Waals surface area contributed by atoms with Gasteiger partial charge in [-0.05, 0) is 84.9 Å². The minimum atomic E-state index is -0.446. The average molecular weight is 552 g/mol. The summed E-state index contributed by atoms with van der Waals surface area (Å²) < 4.78 is 10.4. The van der Waals surface area contributed by atoms with Gasteiger partial charge in [-0.15, -0.1) is 0 Å². The normalized spacial score (nSPS) is 12.9. The molecule has 4 aromatic carbocycles. The lowest BCUT2D eigenvalue weighted by Crippen LogP contribution is -2.32. The molecule has 200 valence electrons. The maximum absolute atomic E-state index is 13.5. The van der Waals surface area contributed by atoms with Crippen molar-refractivity contribution in [2.24, 2.45) is 0 Å². The van der Waals surface area contributed by atoms with Crippen molar-refractivity contribution >= 4 is 46.5 Å². The predicted octanol–water partition coefficient (Wildman–Crippen LogP) is 5.95. The summed E-state index contributed by atoms with van der Waals surface area (Å²) in [4.78, 5) is 41.8. The number of rotatable bonds is 9. The van der Waals surface area contributed by atoms with Crippen LogP contribution in [0.3, 0.4) is 0 Å². The van der Waals surface area contributed by atoms with E-state index in [0.717, 1.165) is 9.80 Å². The van der Waals surface area contributed by atoms with E-state index in [9.17, 15) is 14.4 Å². The average Bonchev–Trinajstić information content (AvgIpc) is 3.22. The van der Waals surface area contributed by atoms with Gasteiger partial charge in [-0.2, -0.15) is 0 Å². The summed E-state index contributed by atoms with van der Waals surface area (Å²) in [6.45, 7) is 0. The fourth-order valence-corrected chi connectivity index (χ4v) is 4.94. The molecule has 0 aromatic heterocycles. The highest BCUT2D eigenvalue weighted by Gasteiger charge is 2.40. The molecule has 0 aliphatic carbocycles. The first-order valence-corrected chi connectivity index (χ1v) is 13.1. The summed E-state index contributed by atoms with van der Waals surface area (Å²) in [5.41, 5.74) is 2.39. The third-order valence-corrected chi connectivity index (χ3v) is 7.19. The largest absolute Gasteiger partial charge is 0.497 e. The topological polar surface area (TPSA) is 97.0 Å². The third-order valence-electron chi connectivity index (χ3n) is 6.10. The first kappa shape index (κ1) is 26.6. The van der Waals surface area contributed by atoms with E-state index in [4.69, 9.17) is 9.47 Å². The van der Waals surface area contributed by atoms with Crippen molar-refractivity contribution < 1.29 is 23.9 Å². The maximum atomic E-state index is 13.5. The molecule has 1 aliphatic heterocycles. The Hall–Kier alpha value is -5.02. The van der Waals surface area contributed by atoms with Crippen LogP contribution in [0.15, 0.2) is 119 Å². The van der Waals surface area contributed by atoms with E-state index in [2.05, 4.69) is 10.6 Å². The van der Waals surface area contributed by atoms with E-state index in [-0.39, 0.29) is 16.5 Å². The van der Waals surface area contributed by atoms with Gasteiger partial charge in [0.05, 0.1) is 19.9 Å². The fraction of sp³-hybridized carbons (Fsp3) is 0.0645. The number of para-hydroxylation sites is 1. The second kappa shape index (κ2) is 11.8. The van der Waals surface area contributed by atoms with Crippen molar-refractivity contribution in [3.8, 4) is 11.5 Å². The molecule has 5 rings (SSSR count). The van der Waals surface area contributed by atoms with Crippen molar-refractivity contribution in [2.45, 2.75) is 4.90 Å². The van der Waals surface area contributed by atoms with Crippen LogP contribution in [0.1, 0.15) is 10.4 Å². The van der Waals surface area contributed by atoms with Crippen molar-refractivity contribution in [1.29, 1.82) is 0 Å². The van der Waals surface area contributed by atoms with Crippen LogP contribution in [0.5, 0.6) is 11.5 Å². The zero-order chi connectivity index (χ0) is 28.1. The van der Waals surface area contributed by atoms with E-state index in [1.165, 1.54) is 11.8 Å². The molecule has 3 amide bonds. The molecule has 0 fully saturated rings. The Kier molecular flexibility index (Phi) is 7.84. The molecular weight excluding hydrogens is 526 g/mol. The number of ether oxygens (including phenoxy) is 2. The number of benzene rings is 4. The number of methoxy groups -OCH3 is 2. The van der Waals surface area contributed by atoms with E-state index >= 15 is 0 Å². The van der Waals surface area contributed by atoms with Gasteiger partial charge in [0.2, 0.25) is 0 Å². The van der Waals surface area contributed by atoms with Crippen molar-refractivity contribution in [3.05, 3.63) is 119 Å². The summed E-state index contributed by atoms with van der Waals surface area (Å²) in [5, 5.41) is 5.99. The predicted molar refractivity (Wildman–Crippen MR) is 156 cm³/mol.